The maximum absolute atomic E-state index is 6.21. The topological polar surface area (TPSA) is 19.6 Å². The highest BCUT2D eigenvalue weighted by Gasteiger charge is 2.21. The van der Waals surface area contributed by atoms with Crippen LogP contribution in [0.4, 0.5) is 34.1 Å². The minimum atomic E-state index is 0.904. The predicted octanol–water partition coefficient (Wildman–Crippen LogP) is 21.9. The number of aryl methyl sites for hydroxylation is 2. The number of hydrogen-bond donors (Lipinski definition) is 0. The number of rotatable bonds is 9. The lowest BCUT2D eigenvalue weighted by Crippen LogP contribution is -2.11. The Hall–Kier alpha value is -10.2. The molecule has 0 N–H and O–H groups in total. The molecule has 0 fully saturated rings. The summed E-state index contributed by atoms with van der Waals surface area (Å²) in [6.45, 7) is 4.50. The van der Waals surface area contributed by atoms with E-state index < -0.39 is 0 Å². The highest BCUT2D eigenvalue weighted by molar-refractivity contribution is 6.26. The fraction of sp³-hybridized carbons (Fsp3) is 0.0263. The zero-order chi connectivity index (χ0) is 52.6. The van der Waals surface area contributed by atoms with Crippen LogP contribution in [0, 0.1) is 13.8 Å². The van der Waals surface area contributed by atoms with Crippen molar-refractivity contribution in [2.24, 2.45) is 0 Å². The van der Waals surface area contributed by atoms with Crippen molar-refractivity contribution in [1.29, 1.82) is 0 Å². The fourth-order valence-electron chi connectivity index (χ4n) is 12.6. The first-order chi connectivity index (χ1) is 39.0. The van der Waals surface area contributed by atoms with Gasteiger partial charge < -0.3 is 14.2 Å². The average molecular weight is 1010 g/mol. The van der Waals surface area contributed by atoms with E-state index in [0.29, 0.717) is 0 Å². The molecule has 0 amide bonds. The Bertz CT molecular complexity index is 4840. The molecule has 0 aliphatic rings. The van der Waals surface area contributed by atoms with Crippen molar-refractivity contribution in [2.75, 3.05) is 9.80 Å². The molecule has 3 nitrogen and oxygen atoms in total. The van der Waals surface area contributed by atoms with Crippen LogP contribution in [0.3, 0.4) is 0 Å². The lowest BCUT2D eigenvalue weighted by atomic mass is 9.91. The Kier molecular flexibility index (Phi) is 11.0. The fourth-order valence-corrected chi connectivity index (χ4v) is 12.6. The number of fused-ring (bicyclic) bond motifs is 11. The minimum Gasteiger partial charge on any atom is -0.456 e. The number of nitrogens with zero attached hydrogens (tertiary/aromatic N) is 2. The highest BCUT2D eigenvalue weighted by Crippen LogP contribution is 2.46. The van der Waals surface area contributed by atoms with Crippen LogP contribution in [0.1, 0.15) is 11.1 Å². The first kappa shape index (κ1) is 46.1. The average Bonchev–Trinajstić information content (AvgIpc) is 3.95. The molecule has 0 bridgehead atoms. The molecule has 1 heterocycles. The standard InChI is InChI=1S/C76H52N2O/c1-49-45-56(36-39-59(49)60-40-37-57(46-50(60)2)78(54-19-4-3-5-20-54)74-29-16-18-51-17-6-7-21-63(51)74)77(58-38-41-70-68-26-11-10-24-66(68)67-25-12-13-27-69(67)72(70)48-58)55-34-31-52(32-35-55)61-42-43-62(65-23-9-8-22-64(61)65)53-33-44-76-73(47-53)71-28-14-15-30-75(71)79-76/h3-48H,1-2H3. The molecule has 0 saturated heterocycles. The summed E-state index contributed by atoms with van der Waals surface area (Å²) in [7, 11) is 0. The van der Waals surface area contributed by atoms with Crippen LogP contribution >= 0.6 is 0 Å². The number of anilines is 6. The number of furan rings is 1. The van der Waals surface area contributed by atoms with Crippen molar-refractivity contribution in [1.82, 2.24) is 0 Å². The van der Waals surface area contributed by atoms with Crippen molar-refractivity contribution < 1.29 is 4.42 Å². The third kappa shape index (κ3) is 7.81. The van der Waals surface area contributed by atoms with E-state index >= 15 is 0 Å². The molecule has 0 atom stereocenters. The van der Waals surface area contributed by atoms with Crippen molar-refractivity contribution in [3.8, 4) is 33.4 Å². The quantitative estimate of drug-likeness (QED) is 0.134. The smallest absolute Gasteiger partial charge is 0.135 e. The summed E-state index contributed by atoms with van der Waals surface area (Å²) < 4.78 is 6.21. The lowest BCUT2D eigenvalue weighted by molar-refractivity contribution is 0.669. The van der Waals surface area contributed by atoms with Gasteiger partial charge in [0.2, 0.25) is 0 Å². The molecule has 0 aliphatic carbocycles. The van der Waals surface area contributed by atoms with Crippen LogP contribution in [-0.2, 0) is 0 Å². The second kappa shape index (κ2) is 18.8. The monoisotopic (exact) mass is 1010 g/mol. The second-order valence-electron chi connectivity index (χ2n) is 20.9. The van der Waals surface area contributed by atoms with Crippen LogP contribution in [0.25, 0.3) is 109 Å². The Balaban J connectivity index is 0.835. The summed E-state index contributed by atoms with van der Waals surface area (Å²) in [6.07, 6.45) is 0. The Morgan fingerprint density at radius 1 is 0.241 bits per heavy atom. The van der Waals surface area contributed by atoms with Gasteiger partial charge in [-0.3, -0.25) is 0 Å². The third-order valence-electron chi connectivity index (χ3n) is 16.3. The summed E-state index contributed by atoms with van der Waals surface area (Å²) >= 11 is 0. The van der Waals surface area contributed by atoms with E-state index in [4.69, 9.17) is 4.42 Å². The molecule has 0 spiro atoms. The molecule has 0 aliphatic heterocycles. The van der Waals surface area contributed by atoms with Gasteiger partial charge in [0.1, 0.15) is 11.2 Å². The van der Waals surface area contributed by atoms with Crippen molar-refractivity contribution in [2.45, 2.75) is 13.8 Å². The van der Waals surface area contributed by atoms with Gasteiger partial charge in [0.05, 0.1) is 5.69 Å². The van der Waals surface area contributed by atoms with Crippen LogP contribution in [0.2, 0.25) is 0 Å². The molecule has 0 radical (unpaired) electrons. The highest BCUT2D eigenvalue weighted by atomic mass is 16.3. The molecule has 372 valence electrons. The number of hydrogen-bond acceptors (Lipinski definition) is 3. The summed E-state index contributed by atoms with van der Waals surface area (Å²) in [6, 6.07) is 102. The molecule has 15 aromatic rings. The maximum atomic E-state index is 6.21. The largest absolute Gasteiger partial charge is 0.456 e. The van der Waals surface area contributed by atoms with Gasteiger partial charge in [-0.2, -0.15) is 0 Å². The Morgan fingerprint density at radius 3 is 1.34 bits per heavy atom. The molecule has 79 heavy (non-hydrogen) atoms. The van der Waals surface area contributed by atoms with E-state index in [0.717, 1.165) is 61.6 Å². The van der Waals surface area contributed by atoms with Crippen molar-refractivity contribution >= 4 is 110 Å². The molecule has 0 unspecified atom stereocenters. The van der Waals surface area contributed by atoms with E-state index in [-0.39, 0.29) is 0 Å². The van der Waals surface area contributed by atoms with Gasteiger partial charge in [0.25, 0.3) is 0 Å². The summed E-state index contributed by atoms with van der Waals surface area (Å²) in [5.74, 6) is 0. The summed E-state index contributed by atoms with van der Waals surface area (Å²) in [5, 5.41) is 14.7. The van der Waals surface area contributed by atoms with E-state index in [1.807, 2.05) is 12.1 Å². The van der Waals surface area contributed by atoms with Gasteiger partial charge >= 0.3 is 0 Å². The lowest BCUT2D eigenvalue weighted by Gasteiger charge is -2.28. The van der Waals surface area contributed by atoms with E-state index in [9.17, 15) is 0 Å². The Morgan fingerprint density at radius 2 is 0.684 bits per heavy atom. The summed E-state index contributed by atoms with van der Waals surface area (Å²) in [4.78, 5) is 4.81. The molecule has 15 rings (SSSR count). The van der Waals surface area contributed by atoms with Crippen molar-refractivity contribution in [3.05, 3.63) is 290 Å². The van der Waals surface area contributed by atoms with Crippen molar-refractivity contribution in [3.63, 3.8) is 0 Å². The first-order valence-electron chi connectivity index (χ1n) is 27.2. The van der Waals surface area contributed by atoms with Crippen LogP contribution in [-0.4, -0.2) is 0 Å². The third-order valence-corrected chi connectivity index (χ3v) is 16.3. The molecule has 3 heteroatoms. The van der Waals surface area contributed by atoms with Crippen LogP contribution < -0.4 is 9.80 Å². The molecule has 1 aromatic heterocycles. The molecule has 0 saturated carbocycles. The van der Waals surface area contributed by atoms with E-state index in [2.05, 4.69) is 291 Å². The number of para-hydroxylation sites is 2. The van der Waals surface area contributed by atoms with E-state index in [1.54, 1.807) is 0 Å². The van der Waals surface area contributed by atoms with Gasteiger partial charge in [-0.15, -0.1) is 0 Å². The molecular formula is C76H52N2O. The van der Waals surface area contributed by atoms with Crippen LogP contribution in [0.15, 0.2) is 283 Å². The first-order valence-corrected chi connectivity index (χ1v) is 27.2. The number of benzene rings is 14. The van der Waals surface area contributed by atoms with Gasteiger partial charge in [-0.1, -0.05) is 194 Å². The van der Waals surface area contributed by atoms with E-state index in [1.165, 1.54) is 92.8 Å². The molecular weight excluding hydrogens is 957 g/mol. The maximum Gasteiger partial charge on any atom is 0.135 e. The van der Waals surface area contributed by atoms with Gasteiger partial charge in [0.15, 0.2) is 0 Å². The van der Waals surface area contributed by atoms with Crippen LogP contribution in [0.5, 0.6) is 0 Å². The predicted molar refractivity (Wildman–Crippen MR) is 336 cm³/mol. The zero-order valence-electron chi connectivity index (χ0n) is 43.9. The van der Waals surface area contributed by atoms with Gasteiger partial charge in [0, 0.05) is 44.6 Å². The SMILES string of the molecule is Cc1cc(N(c2ccc(-c3ccc(-c4ccc5oc6ccccc6c5c4)c4ccccc34)cc2)c2ccc3c4ccccc4c4ccccc4c3c2)ccc1-c1ccc(N(c2ccccc2)c2cccc3ccccc23)cc1C. The Labute approximate surface area is 459 Å². The normalized spacial score (nSPS) is 11.7. The van der Waals surface area contributed by atoms with Gasteiger partial charge in [-0.05, 0) is 192 Å². The second-order valence-corrected chi connectivity index (χ2v) is 20.9. The minimum absolute atomic E-state index is 0.904. The summed E-state index contributed by atoms with van der Waals surface area (Å²) in [5.41, 5.74) is 18.0. The van der Waals surface area contributed by atoms with Gasteiger partial charge in [-0.25, -0.2) is 0 Å². The molecule has 14 aromatic carbocycles. The zero-order valence-corrected chi connectivity index (χ0v) is 43.9.